The second-order valence-electron chi connectivity index (χ2n) is 3.58. The van der Waals surface area contributed by atoms with Crippen LogP contribution in [-0.2, 0) is 4.79 Å². The average molecular weight is 173 g/mol. The molecule has 0 aromatic heterocycles. The van der Waals surface area contributed by atoms with Crippen LogP contribution in [0.5, 0.6) is 0 Å². The van der Waals surface area contributed by atoms with Crippen molar-refractivity contribution in [2.75, 3.05) is 0 Å². The molecule has 0 aliphatic rings. The molecule has 0 bridgehead atoms. The van der Waals surface area contributed by atoms with Crippen LogP contribution in [0.1, 0.15) is 33.6 Å². The minimum Gasteiger partial charge on any atom is -0.351 e. The minimum absolute atomic E-state index is 0.0931. The van der Waals surface area contributed by atoms with Gasteiger partial charge >= 0.3 is 0 Å². The van der Waals surface area contributed by atoms with Gasteiger partial charge in [-0.15, -0.1) is 0 Å². The molecule has 0 aliphatic heterocycles. The molecule has 0 rings (SSSR count). The maximum Gasteiger partial charge on any atom is 0.217 e. The summed E-state index contributed by atoms with van der Waals surface area (Å²) in [5, 5.41) is 2.73. The Hall–Kier alpha value is -0.860. The van der Waals surface area contributed by atoms with Gasteiger partial charge in [0.25, 0.3) is 0 Å². The van der Waals surface area contributed by atoms with E-state index in [0.29, 0.717) is 12.8 Å². The SMILES string of the molecule is C=C(F)CCC(C)(C)NC(C)=O. The zero-order chi connectivity index (χ0) is 9.78. The Kier molecular flexibility index (Phi) is 3.93. The van der Waals surface area contributed by atoms with E-state index in [1.165, 1.54) is 6.92 Å². The number of hydrogen-bond donors (Lipinski definition) is 1. The van der Waals surface area contributed by atoms with E-state index in [0.717, 1.165) is 0 Å². The average Bonchev–Trinajstić information content (AvgIpc) is 1.81. The van der Waals surface area contributed by atoms with E-state index < -0.39 is 0 Å². The van der Waals surface area contributed by atoms with Crippen LogP contribution in [0, 0.1) is 0 Å². The van der Waals surface area contributed by atoms with Gasteiger partial charge in [0.1, 0.15) is 0 Å². The largest absolute Gasteiger partial charge is 0.351 e. The summed E-state index contributed by atoms with van der Waals surface area (Å²) in [5.41, 5.74) is -0.346. The molecule has 0 radical (unpaired) electrons. The van der Waals surface area contributed by atoms with Crippen LogP contribution < -0.4 is 5.32 Å². The van der Waals surface area contributed by atoms with Crippen molar-refractivity contribution >= 4 is 5.91 Å². The fraction of sp³-hybridized carbons (Fsp3) is 0.667. The summed E-state index contributed by atoms with van der Waals surface area (Å²) in [4.78, 5) is 10.7. The monoisotopic (exact) mass is 173 g/mol. The highest BCUT2D eigenvalue weighted by Gasteiger charge is 2.18. The third-order valence-corrected chi connectivity index (χ3v) is 1.54. The molecule has 0 aliphatic carbocycles. The molecule has 0 spiro atoms. The van der Waals surface area contributed by atoms with Gasteiger partial charge in [0.05, 0.1) is 5.83 Å². The summed E-state index contributed by atoms with van der Waals surface area (Å²) in [7, 11) is 0. The van der Waals surface area contributed by atoms with Crippen molar-refractivity contribution in [3.63, 3.8) is 0 Å². The van der Waals surface area contributed by atoms with Gasteiger partial charge in [0.2, 0.25) is 5.91 Å². The van der Waals surface area contributed by atoms with E-state index in [2.05, 4.69) is 11.9 Å². The second kappa shape index (κ2) is 4.24. The number of nitrogens with one attached hydrogen (secondary N) is 1. The first kappa shape index (κ1) is 11.1. The van der Waals surface area contributed by atoms with Crippen molar-refractivity contribution in [2.24, 2.45) is 0 Å². The van der Waals surface area contributed by atoms with Gasteiger partial charge in [-0.2, -0.15) is 0 Å². The van der Waals surface area contributed by atoms with Gasteiger partial charge in [-0.1, -0.05) is 6.58 Å². The minimum atomic E-state index is -0.346. The molecule has 0 unspecified atom stereocenters. The van der Waals surface area contributed by atoms with E-state index >= 15 is 0 Å². The van der Waals surface area contributed by atoms with Gasteiger partial charge < -0.3 is 5.32 Å². The zero-order valence-electron chi connectivity index (χ0n) is 7.91. The lowest BCUT2D eigenvalue weighted by molar-refractivity contribution is -0.120. The van der Waals surface area contributed by atoms with Crippen molar-refractivity contribution < 1.29 is 9.18 Å². The normalized spacial score (nSPS) is 11.0. The molecule has 0 saturated carbocycles. The molecule has 0 fully saturated rings. The van der Waals surface area contributed by atoms with E-state index in [1.807, 2.05) is 13.8 Å². The highest BCUT2D eigenvalue weighted by Crippen LogP contribution is 2.15. The molecule has 0 saturated heterocycles. The summed E-state index contributed by atoms with van der Waals surface area (Å²) < 4.78 is 12.3. The van der Waals surface area contributed by atoms with Crippen molar-refractivity contribution in [3.05, 3.63) is 12.4 Å². The van der Waals surface area contributed by atoms with Crippen LogP contribution in [0.4, 0.5) is 4.39 Å². The van der Waals surface area contributed by atoms with E-state index in [9.17, 15) is 9.18 Å². The molecule has 0 aromatic rings. The van der Waals surface area contributed by atoms with Crippen LogP contribution in [0.2, 0.25) is 0 Å². The third-order valence-electron chi connectivity index (χ3n) is 1.54. The first-order chi connectivity index (χ1) is 5.33. The lowest BCUT2D eigenvalue weighted by Crippen LogP contribution is -2.42. The first-order valence-corrected chi connectivity index (χ1v) is 3.95. The Balaban J connectivity index is 3.86. The zero-order valence-corrected chi connectivity index (χ0v) is 7.91. The highest BCUT2D eigenvalue weighted by atomic mass is 19.1. The molecule has 0 aromatic carbocycles. The molecule has 0 heterocycles. The summed E-state index contributed by atoms with van der Waals surface area (Å²) in [6.45, 7) is 8.33. The predicted molar refractivity (Wildman–Crippen MR) is 47.4 cm³/mol. The molecule has 70 valence electrons. The number of allylic oxidation sites excluding steroid dienone is 1. The maximum atomic E-state index is 12.3. The van der Waals surface area contributed by atoms with E-state index in [4.69, 9.17) is 0 Å². The van der Waals surface area contributed by atoms with Gasteiger partial charge in [0, 0.05) is 18.9 Å². The van der Waals surface area contributed by atoms with Gasteiger partial charge in [0.15, 0.2) is 0 Å². The first-order valence-electron chi connectivity index (χ1n) is 3.95. The van der Waals surface area contributed by atoms with Crippen molar-refractivity contribution in [1.29, 1.82) is 0 Å². The van der Waals surface area contributed by atoms with Gasteiger partial charge in [-0.05, 0) is 20.3 Å². The quantitative estimate of drug-likeness (QED) is 0.693. The Bertz CT molecular complexity index is 187. The Morgan fingerprint density at radius 2 is 2.08 bits per heavy atom. The number of hydrogen-bond acceptors (Lipinski definition) is 1. The van der Waals surface area contributed by atoms with Crippen molar-refractivity contribution in [3.8, 4) is 0 Å². The fourth-order valence-corrected chi connectivity index (χ4v) is 0.987. The predicted octanol–water partition coefficient (Wildman–Crippen LogP) is 2.16. The maximum absolute atomic E-state index is 12.3. The Labute approximate surface area is 72.8 Å². The summed E-state index contributed by atoms with van der Waals surface area (Å²) >= 11 is 0. The van der Waals surface area contributed by atoms with Crippen LogP contribution in [0.15, 0.2) is 12.4 Å². The standard InChI is InChI=1S/C9H16FNO/c1-7(10)5-6-9(3,4)11-8(2)12/h1,5-6H2,2-4H3,(H,11,12). The third kappa shape index (κ3) is 5.89. The van der Waals surface area contributed by atoms with E-state index in [-0.39, 0.29) is 17.3 Å². The number of amides is 1. The number of carbonyl (C=O) groups is 1. The molecule has 12 heavy (non-hydrogen) atoms. The summed E-state index contributed by atoms with van der Waals surface area (Å²) in [5.74, 6) is -0.433. The Morgan fingerprint density at radius 3 is 2.42 bits per heavy atom. The summed E-state index contributed by atoms with van der Waals surface area (Å²) in [6, 6.07) is 0. The van der Waals surface area contributed by atoms with Crippen LogP contribution in [0.3, 0.4) is 0 Å². The highest BCUT2D eigenvalue weighted by molar-refractivity contribution is 5.73. The van der Waals surface area contributed by atoms with Gasteiger partial charge in [-0.3, -0.25) is 4.79 Å². The number of carbonyl (C=O) groups excluding carboxylic acids is 1. The van der Waals surface area contributed by atoms with Gasteiger partial charge in [-0.25, -0.2) is 4.39 Å². The molecule has 1 N–H and O–H groups in total. The molecule has 1 amide bonds. The smallest absolute Gasteiger partial charge is 0.217 e. The number of rotatable bonds is 4. The topological polar surface area (TPSA) is 29.1 Å². The fourth-order valence-electron chi connectivity index (χ4n) is 0.987. The molecule has 3 heteroatoms. The Morgan fingerprint density at radius 1 is 1.58 bits per heavy atom. The second-order valence-corrected chi connectivity index (χ2v) is 3.58. The number of halogens is 1. The molecule has 0 atom stereocenters. The van der Waals surface area contributed by atoms with Crippen LogP contribution in [-0.4, -0.2) is 11.4 Å². The summed E-state index contributed by atoms with van der Waals surface area (Å²) in [6.07, 6.45) is 0.870. The molecular formula is C9H16FNO. The lowest BCUT2D eigenvalue weighted by Gasteiger charge is -2.25. The van der Waals surface area contributed by atoms with Crippen molar-refractivity contribution in [1.82, 2.24) is 5.32 Å². The van der Waals surface area contributed by atoms with Crippen LogP contribution in [0.25, 0.3) is 0 Å². The lowest BCUT2D eigenvalue weighted by atomic mass is 9.98. The molecule has 2 nitrogen and oxygen atoms in total. The van der Waals surface area contributed by atoms with E-state index in [1.54, 1.807) is 0 Å². The van der Waals surface area contributed by atoms with Crippen LogP contribution >= 0.6 is 0 Å². The molecular weight excluding hydrogens is 157 g/mol. The van der Waals surface area contributed by atoms with Crippen molar-refractivity contribution in [2.45, 2.75) is 39.2 Å².